The predicted molar refractivity (Wildman–Crippen MR) is 55.2 cm³/mol. The number of phenols is 1. The lowest BCUT2D eigenvalue weighted by atomic mass is 10.3. The zero-order valence-electron chi connectivity index (χ0n) is 6.98. The van der Waals surface area contributed by atoms with E-state index in [0.29, 0.717) is 15.7 Å². The van der Waals surface area contributed by atoms with Crippen molar-refractivity contribution in [2.24, 2.45) is 0 Å². The normalized spacial score (nSPS) is 10.4. The van der Waals surface area contributed by atoms with E-state index in [4.69, 9.17) is 28.3 Å². The summed E-state index contributed by atoms with van der Waals surface area (Å²) in [5, 5.41) is 14.1. The summed E-state index contributed by atoms with van der Waals surface area (Å²) < 4.78 is 1.55. The van der Waals surface area contributed by atoms with Crippen molar-refractivity contribution in [2.45, 2.75) is 0 Å². The molecule has 0 unspecified atom stereocenters. The van der Waals surface area contributed by atoms with Gasteiger partial charge >= 0.3 is 0 Å². The lowest BCUT2D eigenvalue weighted by Crippen LogP contribution is -1.94. The fourth-order valence-corrected chi connectivity index (χ4v) is 1.51. The summed E-state index contributed by atoms with van der Waals surface area (Å²) in [4.78, 5) is 0. The smallest absolute Gasteiger partial charge is 0.117 e. The number of aromatic hydroxyl groups is 1. The van der Waals surface area contributed by atoms with Crippen LogP contribution >= 0.6 is 23.2 Å². The molecular formula is C9H6Cl2N2O. The van der Waals surface area contributed by atoms with Gasteiger partial charge in [-0.2, -0.15) is 5.10 Å². The highest BCUT2D eigenvalue weighted by atomic mass is 35.5. The first kappa shape index (κ1) is 9.37. The number of benzene rings is 1. The van der Waals surface area contributed by atoms with Crippen LogP contribution in [0, 0.1) is 0 Å². The van der Waals surface area contributed by atoms with Gasteiger partial charge in [0.15, 0.2) is 0 Å². The van der Waals surface area contributed by atoms with Gasteiger partial charge in [-0.3, -0.25) is 0 Å². The number of phenolic OH excluding ortho intramolecular Hbond substituents is 1. The number of rotatable bonds is 1. The molecule has 0 saturated carbocycles. The molecule has 1 N–H and O–H groups in total. The molecule has 0 aliphatic heterocycles. The highest BCUT2D eigenvalue weighted by Crippen LogP contribution is 2.25. The molecule has 2 rings (SSSR count). The molecule has 0 aliphatic rings. The highest BCUT2D eigenvalue weighted by Gasteiger charge is 2.04. The largest absolute Gasteiger partial charge is 0.508 e. The maximum Gasteiger partial charge on any atom is 0.117 e. The van der Waals surface area contributed by atoms with Gasteiger partial charge in [0.05, 0.1) is 21.9 Å². The Hall–Kier alpha value is -1.19. The summed E-state index contributed by atoms with van der Waals surface area (Å²) in [6, 6.07) is 4.66. The molecule has 72 valence electrons. The molecule has 0 atom stereocenters. The summed E-state index contributed by atoms with van der Waals surface area (Å²) in [5.41, 5.74) is 0.677. The molecular weight excluding hydrogens is 223 g/mol. The zero-order chi connectivity index (χ0) is 10.1. The Kier molecular flexibility index (Phi) is 2.35. The summed E-state index contributed by atoms with van der Waals surface area (Å²) in [5.74, 6) is 0.122. The number of nitrogens with zero attached hydrogens (tertiary/aromatic N) is 2. The molecule has 5 heteroatoms. The van der Waals surface area contributed by atoms with Crippen molar-refractivity contribution in [1.29, 1.82) is 0 Å². The van der Waals surface area contributed by atoms with Crippen LogP contribution in [0.3, 0.4) is 0 Å². The van der Waals surface area contributed by atoms with Gasteiger partial charge in [-0.1, -0.05) is 23.2 Å². The van der Waals surface area contributed by atoms with Crippen molar-refractivity contribution < 1.29 is 5.11 Å². The fraction of sp³-hybridized carbons (Fsp3) is 0. The number of hydrogen-bond donors (Lipinski definition) is 1. The molecule has 0 spiro atoms. The first-order chi connectivity index (χ1) is 6.66. The summed E-state index contributed by atoms with van der Waals surface area (Å²) >= 11 is 11.6. The van der Waals surface area contributed by atoms with Crippen molar-refractivity contribution in [3.05, 3.63) is 40.6 Å². The van der Waals surface area contributed by atoms with E-state index in [1.54, 1.807) is 16.9 Å². The number of aromatic nitrogens is 2. The van der Waals surface area contributed by atoms with Crippen LogP contribution in [0.4, 0.5) is 0 Å². The Morgan fingerprint density at radius 1 is 1.29 bits per heavy atom. The quantitative estimate of drug-likeness (QED) is 0.816. The van der Waals surface area contributed by atoms with Gasteiger partial charge in [0.2, 0.25) is 0 Å². The van der Waals surface area contributed by atoms with Crippen LogP contribution in [0.25, 0.3) is 5.69 Å². The first-order valence-corrected chi connectivity index (χ1v) is 4.61. The van der Waals surface area contributed by atoms with E-state index in [-0.39, 0.29) is 5.75 Å². The number of hydrogen-bond acceptors (Lipinski definition) is 2. The lowest BCUT2D eigenvalue weighted by Gasteiger charge is -2.03. The average Bonchev–Trinajstić information content (AvgIpc) is 2.51. The van der Waals surface area contributed by atoms with Crippen LogP contribution in [0.15, 0.2) is 30.6 Å². The van der Waals surface area contributed by atoms with Gasteiger partial charge in [0.1, 0.15) is 5.75 Å². The SMILES string of the molecule is Oc1ccc(-n2cc(Cl)cn2)c(Cl)c1. The van der Waals surface area contributed by atoms with Gasteiger partial charge in [-0.05, 0) is 12.1 Å². The van der Waals surface area contributed by atoms with E-state index < -0.39 is 0 Å². The van der Waals surface area contributed by atoms with Crippen LogP contribution in [0.2, 0.25) is 10.0 Å². The Morgan fingerprint density at radius 3 is 2.64 bits per heavy atom. The van der Waals surface area contributed by atoms with Crippen molar-refractivity contribution in [2.75, 3.05) is 0 Å². The van der Waals surface area contributed by atoms with E-state index in [1.165, 1.54) is 18.3 Å². The molecule has 1 aromatic heterocycles. The summed E-state index contributed by atoms with van der Waals surface area (Å²) in [7, 11) is 0. The van der Waals surface area contributed by atoms with Gasteiger partial charge in [0.25, 0.3) is 0 Å². The van der Waals surface area contributed by atoms with Crippen LogP contribution in [0.1, 0.15) is 0 Å². The van der Waals surface area contributed by atoms with E-state index in [1.807, 2.05) is 0 Å². The third-order valence-corrected chi connectivity index (χ3v) is 2.23. The average molecular weight is 229 g/mol. The second-order valence-corrected chi connectivity index (χ2v) is 3.58. The van der Waals surface area contributed by atoms with E-state index in [0.717, 1.165) is 0 Å². The minimum atomic E-state index is 0.122. The minimum Gasteiger partial charge on any atom is -0.508 e. The fourth-order valence-electron chi connectivity index (χ4n) is 1.11. The minimum absolute atomic E-state index is 0.122. The third kappa shape index (κ3) is 1.69. The maximum absolute atomic E-state index is 9.15. The van der Waals surface area contributed by atoms with Crippen molar-refractivity contribution in [1.82, 2.24) is 9.78 Å². The van der Waals surface area contributed by atoms with E-state index in [9.17, 15) is 0 Å². The molecule has 1 heterocycles. The van der Waals surface area contributed by atoms with E-state index >= 15 is 0 Å². The van der Waals surface area contributed by atoms with Crippen molar-refractivity contribution in [3.63, 3.8) is 0 Å². The Balaban J connectivity index is 2.52. The van der Waals surface area contributed by atoms with Gasteiger partial charge < -0.3 is 5.11 Å². The van der Waals surface area contributed by atoms with E-state index in [2.05, 4.69) is 5.10 Å². The monoisotopic (exact) mass is 228 g/mol. The van der Waals surface area contributed by atoms with Crippen molar-refractivity contribution >= 4 is 23.2 Å². The molecule has 14 heavy (non-hydrogen) atoms. The molecule has 1 aromatic carbocycles. The van der Waals surface area contributed by atoms with Gasteiger partial charge in [-0.15, -0.1) is 0 Å². The Bertz CT molecular complexity index is 468. The maximum atomic E-state index is 9.15. The Morgan fingerprint density at radius 2 is 2.07 bits per heavy atom. The topological polar surface area (TPSA) is 38.0 Å². The molecule has 2 aromatic rings. The highest BCUT2D eigenvalue weighted by molar-refractivity contribution is 6.32. The molecule has 0 aliphatic carbocycles. The molecule has 3 nitrogen and oxygen atoms in total. The van der Waals surface area contributed by atoms with Crippen LogP contribution in [-0.4, -0.2) is 14.9 Å². The van der Waals surface area contributed by atoms with Gasteiger partial charge in [-0.25, -0.2) is 4.68 Å². The molecule has 0 amide bonds. The first-order valence-electron chi connectivity index (χ1n) is 3.86. The van der Waals surface area contributed by atoms with Crippen molar-refractivity contribution in [3.8, 4) is 11.4 Å². The van der Waals surface area contributed by atoms with Crippen LogP contribution < -0.4 is 0 Å². The summed E-state index contributed by atoms with van der Waals surface area (Å²) in [6.45, 7) is 0. The van der Waals surface area contributed by atoms with Gasteiger partial charge in [0, 0.05) is 12.3 Å². The van der Waals surface area contributed by atoms with Crippen LogP contribution in [-0.2, 0) is 0 Å². The second kappa shape index (κ2) is 3.52. The molecule has 0 fully saturated rings. The molecule has 0 saturated heterocycles. The zero-order valence-corrected chi connectivity index (χ0v) is 8.50. The molecule has 0 bridgehead atoms. The molecule has 0 radical (unpaired) electrons. The predicted octanol–water partition coefficient (Wildman–Crippen LogP) is 2.88. The second-order valence-electron chi connectivity index (χ2n) is 2.74. The summed E-state index contributed by atoms with van der Waals surface area (Å²) in [6.07, 6.45) is 3.16. The lowest BCUT2D eigenvalue weighted by molar-refractivity contribution is 0.475. The third-order valence-electron chi connectivity index (χ3n) is 1.73. The standard InChI is InChI=1S/C9H6Cl2N2O/c10-6-4-12-13(5-6)9-2-1-7(14)3-8(9)11/h1-5,14H. The number of halogens is 2. The van der Waals surface area contributed by atoms with Crippen LogP contribution in [0.5, 0.6) is 5.75 Å². The Labute approximate surface area is 90.5 Å².